The van der Waals surface area contributed by atoms with E-state index in [1.807, 2.05) is 6.92 Å². The summed E-state index contributed by atoms with van der Waals surface area (Å²) in [5, 5.41) is 11.5. The highest BCUT2D eigenvalue weighted by Crippen LogP contribution is 2.20. The van der Waals surface area contributed by atoms with Gasteiger partial charge in [-0.1, -0.05) is 19.1 Å². The molecule has 1 aromatic carbocycles. The average molecular weight is 312 g/mol. The lowest BCUT2D eigenvalue weighted by molar-refractivity contribution is -0.143. The number of hydrogen-bond donors (Lipinski definition) is 2. The van der Waals surface area contributed by atoms with Crippen LogP contribution in [-0.2, 0) is 26.0 Å². The number of sulfonamides is 1. The van der Waals surface area contributed by atoms with Crippen molar-refractivity contribution < 1.29 is 23.1 Å². The van der Waals surface area contributed by atoms with E-state index in [2.05, 4.69) is 5.32 Å². The number of nitrogens with zero attached hydrogens (tertiary/aromatic N) is 1. The van der Waals surface area contributed by atoms with Gasteiger partial charge in [0.15, 0.2) is 0 Å². The van der Waals surface area contributed by atoms with Crippen LogP contribution in [0, 0.1) is 0 Å². The molecule has 0 saturated carbocycles. The summed E-state index contributed by atoms with van der Waals surface area (Å²) in [6.45, 7) is 1.22. The molecule has 7 nitrogen and oxygen atoms in total. The lowest BCUT2D eigenvalue weighted by Gasteiger charge is -2.31. The van der Waals surface area contributed by atoms with Gasteiger partial charge in [-0.15, -0.1) is 0 Å². The highest BCUT2D eigenvalue weighted by molar-refractivity contribution is 7.89. The first kappa shape index (κ1) is 15.5. The van der Waals surface area contributed by atoms with Crippen LogP contribution >= 0.6 is 0 Å². The Morgan fingerprint density at radius 1 is 1.38 bits per heavy atom. The lowest BCUT2D eigenvalue weighted by Crippen LogP contribution is -2.59. The Bertz CT molecular complexity index is 654. The summed E-state index contributed by atoms with van der Waals surface area (Å²) in [5.41, 5.74) is 0.972. The Kier molecular flexibility index (Phi) is 4.29. The summed E-state index contributed by atoms with van der Waals surface area (Å²) in [4.78, 5) is 22.6. The predicted molar refractivity (Wildman–Crippen MR) is 74.1 cm³/mol. The van der Waals surface area contributed by atoms with Gasteiger partial charge >= 0.3 is 5.97 Å². The highest BCUT2D eigenvalue weighted by atomic mass is 32.2. The van der Waals surface area contributed by atoms with Gasteiger partial charge in [0, 0.05) is 6.54 Å². The Morgan fingerprint density at radius 2 is 2.00 bits per heavy atom. The highest BCUT2D eigenvalue weighted by Gasteiger charge is 2.40. The molecule has 1 aliphatic rings. The van der Waals surface area contributed by atoms with Crippen LogP contribution in [0.2, 0.25) is 0 Å². The van der Waals surface area contributed by atoms with E-state index in [0.717, 1.165) is 16.3 Å². The lowest BCUT2D eigenvalue weighted by atomic mass is 10.2. The Morgan fingerprint density at radius 3 is 2.52 bits per heavy atom. The van der Waals surface area contributed by atoms with Gasteiger partial charge in [-0.05, 0) is 24.1 Å². The SMILES string of the molecule is CCc1ccc(S(=O)(=O)N2CC(=O)NCC2C(=O)O)cc1. The molecule has 21 heavy (non-hydrogen) atoms. The van der Waals surface area contributed by atoms with Crippen molar-refractivity contribution in [3.8, 4) is 0 Å². The zero-order chi connectivity index (χ0) is 15.6. The third-order valence-electron chi connectivity index (χ3n) is 3.36. The number of aryl methyl sites for hydroxylation is 1. The van der Waals surface area contributed by atoms with Crippen LogP contribution in [0.3, 0.4) is 0 Å². The third-order valence-corrected chi connectivity index (χ3v) is 5.23. The van der Waals surface area contributed by atoms with Crippen LogP contribution in [0.1, 0.15) is 12.5 Å². The summed E-state index contributed by atoms with van der Waals surface area (Å²) in [6.07, 6.45) is 0.768. The molecule has 1 aliphatic heterocycles. The molecule has 0 spiro atoms. The molecular formula is C13H16N2O5S. The van der Waals surface area contributed by atoms with Crippen LogP contribution in [-0.4, -0.2) is 48.8 Å². The fraction of sp³-hybridized carbons (Fsp3) is 0.385. The smallest absolute Gasteiger partial charge is 0.323 e. The van der Waals surface area contributed by atoms with E-state index in [1.54, 1.807) is 12.1 Å². The monoisotopic (exact) mass is 312 g/mol. The van der Waals surface area contributed by atoms with Crippen LogP contribution in [0.5, 0.6) is 0 Å². The first-order valence-corrected chi connectivity index (χ1v) is 7.90. The number of hydrogen-bond acceptors (Lipinski definition) is 4. The predicted octanol–water partition coefficient (Wildman–Crippen LogP) is -0.177. The summed E-state index contributed by atoms with van der Waals surface area (Å²) in [6, 6.07) is 4.91. The largest absolute Gasteiger partial charge is 0.480 e. The van der Waals surface area contributed by atoms with Gasteiger partial charge in [0.25, 0.3) is 0 Å². The topological polar surface area (TPSA) is 104 Å². The molecule has 2 N–H and O–H groups in total. The number of amides is 1. The molecule has 114 valence electrons. The van der Waals surface area contributed by atoms with Crippen LogP contribution < -0.4 is 5.32 Å². The second-order valence-corrected chi connectivity index (χ2v) is 6.60. The van der Waals surface area contributed by atoms with Crippen LogP contribution in [0.15, 0.2) is 29.2 Å². The Labute approximate surface area is 122 Å². The maximum absolute atomic E-state index is 12.5. The van der Waals surface area contributed by atoms with Crippen LogP contribution in [0.25, 0.3) is 0 Å². The minimum absolute atomic E-state index is 0.0133. The molecule has 0 aromatic heterocycles. The van der Waals surface area contributed by atoms with Gasteiger partial charge in [-0.2, -0.15) is 4.31 Å². The van der Waals surface area contributed by atoms with E-state index >= 15 is 0 Å². The second kappa shape index (κ2) is 5.82. The van der Waals surface area contributed by atoms with Gasteiger partial charge in [-0.3, -0.25) is 9.59 Å². The summed E-state index contributed by atoms with van der Waals surface area (Å²) in [7, 11) is -4.02. The maximum Gasteiger partial charge on any atom is 0.323 e. The molecule has 1 amide bonds. The molecule has 1 aromatic rings. The first-order chi connectivity index (χ1) is 9.86. The number of aliphatic carboxylic acids is 1. The molecule has 0 bridgehead atoms. The number of benzene rings is 1. The number of carbonyl (C=O) groups excluding carboxylic acids is 1. The van der Waals surface area contributed by atoms with Crippen molar-refractivity contribution in [1.29, 1.82) is 0 Å². The Hall–Kier alpha value is -1.93. The fourth-order valence-corrected chi connectivity index (χ4v) is 3.65. The van der Waals surface area contributed by atoms with Crippen molar-refractivity contribution in [2.45, 2.75) is 24.3 Å². The quantitative estimate of drug-likeness (QED) is 0.803. The number of carboxylic acid groups (broad SMARTS) is 1. The average Bonchev–Trinajstić information content (AvgIpc) is 2.47. The van der Waals surface area contributed by atoms with E-state index in [-0.39, 0.29) is 11.4 Å². The van der Waals surface area contributed by atoms with Crippen molar-refractivity contribution in [2.24, 2.45) is 0 Å². The minimum Gasteiger partial charge on any atom is -0.480 e. The molecule has 1 saturated heterocycles. The zero-order valence-electron chi connectivity index (χ0n) is 11.4. The second-order valence-electron chi connectivity index (χ2n) is 4.71. The zero-order valence-corrected chi connectivity index (χ0v) is 12.3. The van der Waals surface area contributed by atoms with Gasteiger partial charge in [0.1, 0.15) is 6.04 Å². The van der Waals surface area contributed by atoms with Gasteiger partial charge < -0.3 is 10.4 Å². The van der Waals surface area contributed by atoms with Crippen molar-refractivity contribution in [3.05, 3.63) is 29.8 Å². The van der Waals surface area contributed by atoms with Crippen LogP contribution in [0.4, 0.5) is 0 Å². The number of nitrogens with one attached hydrogen (secondary N) is 1. The van der Waals surface area contributed by atoms with E-state index < -0.39 is 34.5 Å². The molecular weight excluding hydrogens is 296 g/mol. The summed E-state index contributed by atoms with van der Waals surface area (Å²) < 4.78 is 25.8. The molecule has 1 atom stereocenters. The molecule has 1 unspecified atom stereocenters. The Balaban J connectivity index is 2.39. The number of piperazine rings is 1. The van der Waals surface area contributed by atoms with Crippen molar-refractivity contribution in [1.82, 2.24) is 9.62 Å². The molecule has 1 heterocycles. The molecule has 2 rings (SSSR count). The standard InChI is InChI=1S/C13H16N2O5S/c1-2-9-3-5-10(6-4-9)21(19,20)15-8-12(16)14-7-11(15)13(17)18/h3-6,11H,2,7-8H2,1H3,(H,14,16)(H,17,18). The first-order valence-electron chi connectivity index (χ1n) is 6.46. The van der Waals surface area contributed by atoms with E-state index in [0.29, 0.717) is 0 Å². The number of carboxylic acids is 1. The fourth-order valence-electron chi connectivity index (χ4n) is 2.12. The summed E-state index contributed by atoms with van der Waals surface area (Å²) >= 11 is 0. The van der Waals surface area contributed by atoms with E-state index in [1.165, 1.54) is 12.1 Å². The van der Waals surface area contributed by atoms with E-state index in [4.69, 9.17) is 5.11 Å². The minimum atomic E-state index is -4.02. The van der Waals surface area contributed by atoms with E-state index in [9.17, 15) is 18.0 Å². The number of rotatable bonds is 4. The summed E-state index contributed by atoms with van der Waals surface area (Å²) in [5.74, 6) is -1.80. The molecule has 0 radical (unpaired) electrons. The number of carbonyl (C=O) groups is 2. The molecule has 0 aliphatic carbocycles. The molecule has 1 fully saturated rings. The normalized spacial score (nSPS) is 20.0. The van der Waals surface area contributed by atoms with Crippen molar-refractivity contribution in [3.63, 3.8) is 0 Å². The van der Waals surface area contributed by atoms with Crippen molar-refractivity contribution >= 4 is 21.9 Å². The van der Waals surface area contributed by atoms with Gasteiger partial charge in [0.05, 0.1) is 11.4 Å². The van der Waals surface area contributed by atoms with Crippen molar-refractivity contribution in [2.75, 3.05) is 13.1 Å². The third kappa shape index (κ3) is 3.06. The van der Waals surface area contributed by atoms with Gasteiger partial charge in [0.2, 0.25) is 15.9 Å². The molecule has 8 heteroatoms. The maximum atomic E-state index is 12.5. The van der Waals surface area contributed by atoms with Gasteiger partial charge in [-0.25, -0.2) is 8.42 Å².